The van der Waals surface area contributed by atoms with Gasteiger partial charge in [-0.1, -0.05) is 6.07 Å². The molecule has 1 saturated heterocycles. The van der Waals surface area contributed by atoms with E-state index in [2.05, 4.69) is 15.0 Å². The summed E-state index contributed by atoms with van der Waals surface area (Å²) in [7, 11) is 1.22. The summed E-state index contributed by atoms with van der Waals surface area (Å²) in [6.07, 6.45) is 3.95. The van der Waals surface area contributed by atoms with Crippen molar-refractivity contribution in [3.8, 4) is 0 Å². The van der Waals surface area contributed by atoms with Crippen LogP contribution in [0.25, 0.3) is 0 Å². The molecule has 2 amide bonds. The van der Waals surface area contributed by atoms with Crippen molar-refractivity contribution in [2.75, 3.05) is 25.5 Å². The molecule has 1 aromatic heterocycles. The number of anilines is 1. The van der Waals surface area contributed by atoms with Gasteiger partial charge >= 0.3 is 12.1 Å². The smallest absolute Gasteiger partial charge is 0.411 e. The van der Waals surface area contributed by atoms with Crippen LogP contribution in [-0.4, -0.2) is 48.1 Å². The van der Waals surface area contributed by atoms with Gasteiger partial charge in [0, 0.05) is 42.2 Å². The van der Waals surface area contributed by atoms with Crippen LogP contribution in [0, 0.1) is 5.82 Å². The minimum Gasteiger partial charge on any atom is -0.453 e. The number of amides is 2. The van der Waals surface area contributed by atoms with E-state index < -0.39 is 28.9 Å². The molecule has 1 N–H and O–H groups in total. The van der Waals surface area contributed by atoms with E-state index in [-0.39, 0.29) is 18.1 Å². The van der Waals surface area contributed by atoms with Crippen LogP contribution in [0.1, 0.15) is 40.7 Å². The Morgan fingerprint density at radius 3 is 2.74 bits per heavy atom. The lowest BCUT2D eigenvalue weighted by Gasteiger charge is -2.27. The van der Waals surface area contributed by atoms with Crippen LogP contribution in [-0.2, 0) is 25.3 Å². The van der Waals surface area contributed by atoms with Gasteiger partial charge in [0.05, 0.1) is 24.6 Å². The van der Waals surface area contributed by atoms with Crippen molar-refractivity contribution in [1.29, 1.82) is 0 Å². The first-order valence-electron chi connectivity index (χ1n) is 10.0. The summed E-state index contributed by atoms with van der Waals surface area (Å²) in [5.74, 6) is -1.16. The first-order chi connectivity index (χ1) is 14.9. The molecule has 3 heterocycles. The van der Waals surface area contributed by atoms with Crippen molar-refractivity contribution in [2.24, 2.45) is 0 Å². The Labute approximate surface area is 177 Å². The highest BCUT2D eigenvalue weighted by molar-refractivity contribution is 5.95. The van der Waals surface area contributed by atoms with Gasteiger partial charge in [0.2, 0.25) is 5.91 Å². The van der Waals surface area contributed by atoms with E-state index in [1.807, 2.05) is 0 Å². The minimum atomic E-state index is -0.927. The topological polar surface area (TPSA) is 97.8 Å². The quantitative estimate of drug-likeness (QED) is 0.760. The predicted molar refractivity (Wildman–Crippen MR) is 106 cm³/mol. The Morgan fingerprint density at radius 2 is 2.03 bits per heavy atom. The van der Waals surface area contributed by atoms with E-state index in [4.69, 9.17) is 4.74 Å². The molecule has 3 aliphatic rings. The van der Waals surface area contributed by atoms with Gasteiger partial charge in [-0.25, -0.2) is 14.0 Å². The molecule has 5 rings (SSSR count). The fourth-order valence-corrected chi connectivity index (χ4v) is 4.68. The molecule has 31 heavy (non-hydrogen) atoms. The normalized spacial score (nSPS) is 22.8. The highest BCUT2D eigenvalue weighted by atomic mass is 19.1. The number of ether oxygens (including phenoxy) is 2. The SMILES string of the molecule is COC(=O)Nc1ccc(C2(C(=O)N3CCC4(C3)OC(=O)c3cnccc34)CC2)c(F)c1. The monoisotopic (exact) mass is 425 g/mol. The van der Waals surface area contributed by atoms with Crippen molar-refractivity contribution in [3.63, 3.8) is 0 Å². The maximum Gasteiger partial charge on any atom is 0.411 e. The highest BCUT2D eigenvalue weighted by Crippen LogP contribution is 2.52. The Morgan fingerprint density at radius 1 is 1.23 bits per heavy atom. The van der Waals surface area contributed by atoms with E-state index in [0.29, 0.717) is 36.9 Å². The van der Waals surface area contributed by atoms with Gasteiger partial charge in [-0.15, -0.1) is 0 Å². The second-order valence-electron chi connectivity index (χ2n) is 8.18. The number of carbonyl (C=O) groups is 3. The summed E-state index contributed by atoms with van der Waals surface area (Å²) in [6, 6.07) is 6.03. The van der Waals surface area contributed by atoms with Gasteiger partial charge in [0.1, 0.15) is 5.82 Å². The zero-order chi connectivity index (χ0) is 21.8. The number of carbonyl (C=O) groups excluding carboxylic acids is 3. The maximum atomic E-state index is 14.9. The summed E-state index contributed by atoms with van der Waals surface area (Å²) in [5, 5.41) is 2.41. The first-order valence-corrected chi connectivity index (χ1v) is 10.0. The molecule has 0 bridgehead atoms. The summed E-state index contributed by atoms with van der Waals surface area (Å²) >= 11 is 0. The Balaban J connectivity index is 1.38. The summed E-state index contributed by atoms with van der Waals surface area (Å²) < 4.78 is 25.1. The molecule has 2 aliphatic heterocycles. The van der Waals surface area contributed by atoms with E-state index in [0.717, 1.165) is 5.56 Å². The second kappa shape index (κ2) is 6.76. The first kappa shape index (κ1) is 19.5. The molecule has 2 aromatic rings. The molecule has 1 spiro atoms. The summed E-state index contributed by atoms with van der Waals surface area (Å²) in [6.45, 7) is 0.652. The molecular weight excluding hydrogens is 405 g/mol. The molecule has 1 aromatic carbocycles. The second-order valence-corrected chi connectivity index (χ2v) is 8.18. The number of likely N-dealkylation sites (tertiary alicyclic amines) is 1. The largest absolute Gasteiger partial charge is 0.453 e. The molecule has 1 aliphatic carbocycles. The molecule has 0 radical (unpaired) electrons. The molecule has 8 nitrogen and oxygen atoms in total. The average molecular weight is 425 g/mol. The molecule has 1 atom stereocenters. The van der Waals surface area contributed by atoms with E-state index in [1.165, 1.54) is 25.4 Å². The number of pyridine rings is 1. The molecule has 2 fully saturated rings. The number of halogens is 1. The van der Waals surface area contributed by atoms with Gasteiger partial charge in [-0.3, -0.25) is 15.1 Å². The van der Waals surface area contributed by atoms with Crippen LogP contribution >= 0.6 is 0 Å². The standard InChI is InChI=1S/C22H20FN3O5/c1-30-20(29)25-13-2-3-16(17(23)10-13)21(5-6-21)19(28)26-9-7-22(12-26)15-4-8-24-11-14(15)18(27)31-22/h2-4,8,10-11H,5-7,9,12H2,1H3,(H,25,29). The Hall–Kier alpha value is -3.49. The number of methoxy groups -OCH3 is 1. The lowest BCUT2D eigenvalue weighted by molar-refractivity contribution is -0.134. The van der Waals surface area contributed by atoms with Crippen molar-refractivity contribution < 1.29 is 28.2 Å². The zero-order valence-corrected chi connectivity index (χ0v) is 16.8. The third-order valence-electron chi connectivity index (χ3n) is 6.41. The number of aromatic nitrogens is 1. The van der Waals surface area contributed by atoms with Crippen LogP contribution in [0.4, 0.5) is 14.9 Å². The number of fused-ring (bicyclic) bond motifs is 2. The van der Waals surface area contributed by atoms with Crippen LogP contribution < -0.4 is 5.32 Å². The van der Waals surface area contributed by atoms with Crippen LogP contribution in [0.5, 0.6) is 0 Å². The van der Waals surface area contributed by atoms with Crippen LogP contribution in [0.2, 0.25) is 0 Å². The number of nitrogens with zero attached hydrogens (tertiary/aromatic N) is 2. The van der Waals surface area contributed by atoms with Gasteiger partial charge in [0.25, 0.3) is 0 Å². The Bertz CT molecular complexity index is 1120. The van der Waals surface area contributed by atoms with Gasteiger partial charge in [0.15, 0.2) is 5.60 Å². The predicted octanol–water partition coefficient (Wildman–Crippen LogP) is 2.73. The van der Waals surface area contributed by atoms with E-state index in [9.17, 15) is 18.8 Å². The molecule has 160 valence electrons. The highest BCUT2D eigenvalue weighted by Gasteiger charge is 2.58. The fourth-order valence-electron chi connectivity index (χ4n) is 4.68. The molecular formula is C22H20FN3O5. The van der Waals surface area contributed by atoms with Crippen molar-refractivity contribution in [3.05, 3.63) is 59.2 Å². The van der Waals surface area contributed by atoms with E-state index in [1.54, 1.807) is 23.2 Å². The van der Waals surface area contributed by atoms with Gasteiger partial charge in [-0.2, -0.15) is 0 Å². The number of hydrogen-bond acceptors (Lipinski definition) is 6. The molecule has 1 unspecified atom stereocenters. The number of esters is 1. The lowest BCUT2D eigenvalue weighted by Crippen LogP contribution is -2.40. The molecule has 9 heteroatoms. The third kappa shape index (κ3) is 2.95. The van der Waals surface area contributed by atoms with Crippen molar-refractivity contribution in [1.82, 2.24) is 9.88 Å². The number of nitrogens with one attached hydrogen (secondary N) is 1. The third-order valence-corrected chi connectivity index (χ3v) is 6.41. The average Bonchev–Trinajstić information content (AvgIpc) is 3.38. The van der Waals surface area contributed by atoms with Crippen LogP contribution in [0.15, 0.2) is 36.7 Å². The van der Waals surface area contributed by atoms with Gasteiger partial charge < -0.3 is 14.4 Å². The Kier molecular flexibility index (Phi) is 4.25. The van der Waals surface area contributed by atoms with Crippen molar-refractivity contribution >= 4 is 23.7 Å². The number of rotatable bonds is 3. The number of hydrogen-bond donors (Lipinski definition) is 1. The van der Waals surface area contributed by atoms with Gasteiger partial charge in [-0.05, 0) is 31.0 Å². The fraction of sp³-hybridized carbons (Fsp3) is 0.364. The minimum absolute atomic E-state index is 0.171. The number of benzene rings is 1. The zero-order valence-electron chi connectivity index (χ0n) is 16.8. The summed E-state index contributed by atoms with van der Waals surface area (Å²) in [5.41, 5.74) is -0.0620. The summed E-state index contributed by atoms with van der Waals surface area (Å²) in [4.78, 5) is 42.7. The lowest BCUT2D eigenvalue weighted by atomic mass is 9.92. The molecule has 1 saturated carbocycles. The van der Waals surface area contributed by atoms with Crippen LogP contribution in [0.3, 0.4) is 0 Å². The van der Waals surface area contributed by atoms with Crippen molar-refractivity contribution in [2.45, 2.75) is 30.3 Å². The van der Waals surface area contributed by atoms with E-state index >= 15 is 0 Å². The maximum absolute atomic E-state index is 14.9.